The average molecular weight is 279 g/mol. The standard InChI is InChI=1S/C15H25N3O2/c1-14(2,3)20-13-11(16)4-5-12(18-13)17-10-15(6-7-15)8-9-19/h4-5,19H,6-10,16H2,1-3H3,(H,17,18). The van der Waals surface area contributed by atoms with Crippen molar-refractivity contribution in [1.82, 2.24) is 4.98 Å². The monoisotopic (exact) mass is 279 g/mol. The Balaban J connectivity index is 2.00. The van der Waals surface area contributed by atoms with Crippen molar-refractivity contribution in [2.24, 2.45) is 5.41 Å². The van der Waals surface area contributed by atoms with Crippen LogP contribution in [0.4, 0.5) is 11.5 Å². The van der Waals surface area contributed by atoms with Gasteiger partial charge in [-0.3, -0.25) is 0 Å². The first-order valence-electron chi connectivity index (χ1n) is 7.14. The number of nitrogen functional groups attached to an aromatic ring is 1. The first-order chi connectivity index (χ1) is 9.34. The van der Waals surface area contributed by atoms with Crippen molar-refractivity contribution in [3.8, 4) is 5.88 Å². The first kappa shape index (κ1) is 14.9. The molecule has 4 N–H and O–H groups in total. The molecule has 0 radical (unpaired) electrons. The normalized spacial score (nSPS) is 16.8. The van der Waals surface area contributed by atoms with E-state index < -0.39 is 0 Å². The van der Waals surface area contributed by atoms with Crippen molar-refractivity contribution in [3.63, 3.8) is 0 Å². The number of hydrogen-bond donors (Lipinski definition) is 3. The number of hydrogen-bond acceptors (Lipinski definition) is 5. The zero-order chi connectivity index (χ0) is 14.8. The zero-order valence-electron chi connectivity index (χ0n) is 12.6. The van der Waals surface area contributed by atoms with Crippen LogP contribution in [-0.2, 0) is 0 Å². The molecule has 0 aliphatic heterocycles. The summed E-state index contributed by atoms with van der Waals surface area (Å²) in [5.74, 6) is 1.23. The van der Waals surface area contributed by atoms with Crippen molar-refractivity contribution < 1.29 is 9.84 Å². The lowest BCUT2D eigenvalue weighted by atomic mass is 10.0. The molecule has 1 saturated carbocycles. The third-order valence-electron chi connectivity index (χ3n) is 3.54. The average Bonchev–Trinajstić information content (AvgIpc) is 3.09. The highest BCUT2D eigenvalue weighted by Crippen LogP contribution is 2.48. The number of rotatable bonds is 6. The quantitative estimate of drug-likeness (QED) is 0.745. The van der Waals surface area contributed by atoms with Gasteiger partial charge in [0.15, 0.2) is 0 Å². The molecule has 0 amide bonds. The molecule has 112 valence electrons. The molecule has 2 rings (SSSR count). The van der Waals surface area contributed by atoms with E-state index in [9.17, 15) is 0 Å². The van der Waals surface area contributed by atoms with E-state index in [0.29, 0.717) is 11.6 Å². The number of nitrogens with one attached hydrogen (secondary N) is 1. The molecule has 0 spiro atoms. The molecule has 0 aromatic carbocycles. The van der Waals surface area contributed by atoms with Gasteiger partial charge < -0.3 is 20.9 Å². The van der Waals surface area contributed by atoms with Crippen molar-refractivity contribution in [2.45, 2.75) is 45.6 Å². The van der Waals surface area contributed by atoms with E-state index in [2.05, 4.69) is 10.3 Å². The van der Waals surface area contributed by atoms with Gasteiger partial charge in [-0.05, 0) is 57.6 Å². The maximum atomic E-state index is 9.07. The molecule has 1 fully saturated rings. The van der Waals surface area contributed by atoms with E-state index in [0.717, 1.165) is 18.8 Å². The molecule has 5 nitrogen and oxygen atoms in total. The smallest absolute Gasteiger partial charge is 0.239 e. The molecule has 1 aromatic rings. The number of aliphatic hydroxyl groups is 1. The van der Waals surface area contributed by atoms with E-state index in [1.165, 1.54) is 12.8 Å². The summed E-state index contributed by atoms with van der Waals surface area (Å²) in [7, 11) is 0. The Morgan fingerprint density at radius 2 is 2.10 bits per heavy atom. The van der Waals surface area contributed by atoms with Gasteiger partial charge in [-0.15, -0.1) is 0 Å². The van der Waals surface area contributed by atoms with Crippen LogP contribution in [0.15, 0.2) is 12.1 Å². The Hall–Kier alpha value is -1.49. The SMILES string of the molecule is CC(C)(C)Oc1nc(NCC2(CCO)CC2)ccc1N. The summed E-state index contributed by atoms with van der Waals surface area (Å²) in [6.07, 6.45) is 3.18. The lowest BCUT2D eigenvalue weighted by Crippen LogP contribution is -2.24. The Kier molecular flexibility index (Phi) is 4.09. The van der Waals surface area contributed by atoms with E-state index >= 15 is 0 Å². The minimum absolute atomic E-state index is 0.245. The van der Waals surface area contributed by atoms with Gasteiger partial charge in [-0.1, -0.05) is 0 Å². The number of nitrogens with two attached hydrogens (primary N) is 1. The Morgan fingerprint density at radius 1 is 1.40 bits per heavy atom. The van der Waals surface area contributed by atoms with Crippen LogP contribution >= 0.6 is 0 Å². The third-order valence-corrected chi connectivity index (χ3v) is 3.54. The van der Waals surface area contributed by atoms with Crippen molar-refractivity contribution >= 4 is 11.5 Å². The van der Waals surface area contributed by atoms with Gasteiger partial charge >= 0.3 is 0 Å². The highest BCUT2D eigenvalue weighted by Gasteiger charge is 2.41. The van der Waals surface area contributed by atoms with Gasteiger partial charge in [-0.25, -0.2) is 0 Å². The molecule has 0 bridgehead atoms. The summed E-state index contributed by atoms with van der Waals surface area (Å²) in [5, 5.41) is 12.4. The summed E-state index contributed by atoms with van der Waals surface area (Å²) >= 11 is 0. The van der Waals surface area contributed by atoms with E-state index in [-0.39, 0.29) is 17.6 Å². The minimum Gasteiger partial charge on any atom is -0.470 e. The summed E-state index contributed by atoms with van der Waals surface area (Å²) < 4.78 is 5.75. The largest absolute Gasteiger partial charge is 0.470 e. The minimum atomic E-state index is -0.325. The first-order valence-corrected chi connectivity index (χ1v) is 7.14. The number of aromatic nitrogens is 1. The molecule has 0 saturated heterocycles. The Morgan fingerprint density at radius 3 is 2.65 bits per heavy atom. The van der Waals surface area contributed by atoms with Crippen molar-refractivity contribution in [2.75, 3.05) is 24.2 Å². The zero-order valence-corrected chi connectivity index (χ0v) is 12.6. The fraction of sp³-hybridized carbons (Fsp3) is 0.667. The van der Waals surface area contributed by atoms with Crippen LogP contribution in [0.2, 0.25) is 0 Å². The number of pyridine rings is 1. The maximum absolute atomic E-state index is 9.07. The summed E-state index contributed by atoms with van der Waals surface area (Å²) in [6.45, 7) is 6.98. The number of anilines is 2. The lowest BCUT2D eigenvalue weighted by Gasteiger charge is -2.22. The second kappa shape index (κ2) is 5.48. The summed E-state index contributed by atoms with van der Waals surface area (Å²) in [4.78, 5) is 4.43. The van der Waals surface area contributed by atoms with Crippen LogP contribution in [0, 0.1) is 5.41 Å². The van der Waals surface area contributed by atoms with Gasteiger partial charge in [0.25, 0.3) is 0 Å². The van der Waals surface area contributed by atoms with Crippen LogP contribution in [0.5, 0.6) is 5.88 Å². The third kappa shape index (κ3) is 4.00. The summed E-state index contributed by atoms with van der Waals surface area (Å²) in [5.41, 5.74) is 6.36. The predicted molar refractivity (Wildman–Crippen MR) is 80.9 cm³/mol. The van der Waals surface area contributed by atoms with Crippen LogP contribution in [0.25, 0.3) is 0 Å². The molecule has 20 heavy (non-hydrogen) atoms. The van der Waals surface area contributed by atoms with Crippen molar-refractivity contribution in [1.29, 1.82) is 0 Å². The maximum Gasteiger partial charge on any atom is 0.239 e. The van der Waals surface area contributed by atoms with Gasteiger partial charge in [0, 0.05) is 13.2 Å². The van der Waals surface area contributed by atoms with E-state index in [1.807, 2.05) is 32.9 Å². The second-order valence-corrected chi connectivity index (χ2v) is 6.63. The highest BCUT2D eigenvalue weighted by atomic mass is 16.5. The summed E-state index contributed by atoms with van der Waals surface area (Å²) in [6, 6.07) is 3.67. The molecule has 0 unspecified atom stereocenters. The topological polar surface area (TPSA) is 80.4 Å². The van der Waals surface area contributed by atoms with Crippen LogP contribution in [0.3, 0.4) is 0 Å². The van der Waals surface area contributed by atoms with Crippen molar-refractivity contribution in [3.05, 3.63) is 12.1 Å². The number of nitrogens with zero attached hydrogens (tertiary/aromatic N) is 1. The molecule has 1 aliphatic carbocycles. The van der Waals surface area contributed by atoms with Crippen LogP contribution in [-0.4, -0.2) is 28.8 Å². The molecule has 1 heterocycles. The predicted octanol–water partition coefficient (Wildman–Crippen LogP) is 2.42. The van der Waals surface area contributed by atoms with E-state index in [1.54, 1.807) is 0 Å². The van der Waals surface area contributed by atoms with Gasteiger partial charge in [0.05, 0.1) is 5.69 Å². The Bertz CT molecular complexity index is 465. The van der Waals surface area contributed by atoms with Crippen LogP contribution < -0.4 is 15.8 Å². The van der Waals surface area contributed by atoms with Gasteiger partial charge in [0.1, 0.15) is 11.4 Å². The second-order valence-electron chi connectivity index (χ2n) is 6.63. The fourth-order valence-corrected chi connectivity index (χ4v) is 2.13. The molecule has 1 aliphatic rings. The highest BCUT2D eigenvalue weighted by molar-refractivity contribution is 5.53. The van der Waals surface area contributed by atoms with Crippen LogP contribution in [0.1, 0.15) is 40.0 Å². The lowest BCUT2D eigenvalue weighted by molar-refractivity contribution is 0.125. The fourth-order valence-electron chi connectivity index (χ4n) is 2.13. The van der Waals surface area contributed by atoms with Gasteiger partial charge in [-0.2, -0.15) is 4.98 Å². The van der Waals surface area contributed by atoms with E-state index in [4.69, 9.17) is 15.6 Å². The number of ether oxygens (including phenoxy) is 1. The molecule has 1 aromatic heterocycles. The number of aliphatic hydroxyl groups excluding tert-OH is 1. The molecule has 0 atom stereocenters. The molecule has 5 heteroatoms. The molecular weight excluding hydrogens is 254 g/mol. The Labute approximate surface area is 120 Å². The molecular formula is C15H25N3O2. The van der Waals surface area contributed by atoms with Gasteiger partial charge in [0.2, 0.25) is 5.88 Å².